The largest absolute Gasteiger partial charge is 0.135 e. The zero-order chi connectivity index (χ0) is 16.7. The molecule has 120 valence electrons. The van der Waals surface area contributed by atoms with Crippen LogP contribution in [0.15, 0.2) is 66.7 Å². The van der Waals surface area contributed by atoms with Crippen LogP contribution < -0.4 is 0 Å². The number of fused-ring (bicyclic) bond motifs is 3. The summed E-state index contributed by atoms with van der Waals surface area (Å²) in [6.07, 6.45) is 1.10. The molecular formula is C23H22S. The number of hydrogen-bond donors (Lipinski definition) is 0. The Hall–Kier alpha value is -2.12. The molecule has 4 aromatic rings. The lowest BCUT2D eigenvalue weighted by molar-refractivity contribution is 0.411. The molecule has 0 aliphatic rings. The van der Waals surface area contributed by atoms with E-state index in [0.29, 0.717) is 5.41 Å². The van der Waals surface area contributed by atoms with Gasteiger partial charge >= 0.3 is 0 Å². The van der Waals surface area contributed by atoms with E-state index in [0.717, 1.165) is 6.42 Å². The number of hydrogen-bond acceptors (Lipinski definition) is 1. The van der Waals surface area contributed by atoms with E-state index < -0.39 is 0 Å². The highest BCUT2D eigenvalue weighted by Gasteiger charge is 2.13. The minimum Gasteiger partial charge on any atom is -0.135 e. The molecule has 0 amide bonds. The van der Waals surface area contributed by atoms with E-state index in [1.165, 1.54) is 36.9 Å². The van der Waals surface area contributed by atoms with Crippen molar-refractivity contribution < 1.29 is 0 Å². The average Bonchev–Trinajstić information content (AvgIpc) is 2.92. The van der Waals surface area contributed by atoms with Crippen molar-refractivity contribution in [3.8, 4) is 11.1 Å². The zero-order valence-electron chi connectivity index (χ0n) is 14.5. The van der Waals surface area contributed by atoms with Crippen LogP contribution >= 0.6 is 11.3 Å². The van der Waals surface area contributed by atoms with E-state index in [-0.39, 0.29) is 0 Å². The van der Waals surface area contributed by atoms with Crippen LogP contribution in [0.3, 0.4) is 0 Å². The van der Waals surface area contributed by atoms with Crippen LogP contribution in [-0.4, -0.2) is 0 Å². The summed E-state index contributed by atoms with van der Waals surface area (Å²) >= 11 is 1.90. The maximum Gasteiger partial charge on any atom is 0.0433 e. The molecule has 24 heavy (non-hydrogen) atoms. The maximum absolute atomic E-state index is 2.37. The van der Waals surface area contributed by atoms with E-state index >= 15 is 0 Å². The van der Waals surface area contributed by atoms with Crippen molar-refractivity contribution in [1.82, 2.24) is 0 Å². The first kappa shape index (κ1) is 15.4. The van der Waals surface area contributed by atoms with Gasteiger partial charge in [0, 0.05) is 20.2 Å². The number of rotatable bonds is 2. The first-order valence-electron chi connectivity index (χ1n) is 8.51. The molecule has 4 rings (SSSR count). The predicted molar refractivity (Wildman–Crippen MR) is 108 cm³/mol. The Morgan fingerprint density at radius 1 is 0.792 bits per heavy atom. The lowest BCUT2D eigenvalue weighted by Gasteiger charge is -2.18. The Balaban J connectivity index is 1.89. The number of benzene rings is 3. The molecule has 0 bridgehead atoms. The highest BCUT2D eigenvalue weighted by atomic mass is 32.1. The Morgan fingerprint density at radius 2 is 1.54 bits per heavy atom. The molecule has 0 N–H and O–H groups in total. The van der Waals surface area contributed by atoms with E-state index in [2.05, 4.69) is 87.5 Å². The summed E-state index contributed by atoms with van der Waals surface area (Å²) in [5.74, 6) is 0. The minimum absolute atomic E-state index is 0.308. The van der Waals surface area contributed by atoms with Gasteiger partial charge in [-0.25, -0.2) is 0 Å². The molecule has 1 aromatic heterocycles. The van der Waals surface area contributed by atoms with Gasteiger partial charge in [-0.15, -0.1) is 11.3 Å². The molecule has 0 saturated carbocycles. The van der Waals surface area contributed by atoms with E-state index in [1.807, 2.05) is 11.3 Å². The molecule has 0 atom stereocenters. The van der Waals surface area contributed by atoms with Crippen LogP contribution in [-0.2, 0) is 6.42 Å². The summed E-state index contributed by atoms with van der Waals surface area (Å²) in [6.45, 7) is 6.89. The molecular weight excluding hydrogens is 308 g/mol. The van der Waals surface area contributed by atoms with Crippen molar-refractivity contribution in [2.24, 2.45) is 5.41 Å². The summed E-state index contributed by atoms with van der Waals surface area (Å²) < 4.78 is 2.76. The Labute approximate surface area is 147 Å². The van der Waals surface area contributed by atoms with Gasteiger partial charge in [-0.05, 0) is 34.6 Å². The fraction of sp³-hybridized carbons (Fsp3) is 0.217. The molecule has 0 aliphatic carbocycles. The van der Waals surface area contributed by atoms with Gasteiger partial charge in [-0.2, -0.15) is 0 Å². The third kappa shape index (κ3) is 2.85. The van der Waals surface area contributed by atoms with E-state index in [4.69, 9.17) is 0 Å². The topological polar surface area (TPSA) is 0 Å². The molecule has 3 aromatic carbocycles. The van der Waals surface area contributed by atoms with E-state index in [9.17, 15) is 0 Å². The lowest BCUT2D eigenvalue weighted by atomic mass is 9.87. The van der Waals surface area contributed by atoms with Crippen LogP contribution in [0.4, 0.5) is 0 Å². The Morgan fingerprint density at radius 3 is 2.38 bits per heavy atom. The second kappa shape index (κ2) is 5.75. The first-order chi connectivity index (χ1) is 11.5. The Kier molecular flexibility index (Phi) is 3.69. The van der Waals surface area contributed by atoms with Crippen molar-refractivity contribution in [3.05, 3.63) is 72.3 Å². The average molecular weight is 330 g/mol. The summed E-state index contributed by atoms with van der Waals surface area (Å²) in [5, 5.41) is 2.74. The van der Waals surface area contributed by atoms with Crippen molar-refractivity contribution >= 4 is 31.5 Å². The predicted octanol–water partition coefficient (Wildman–Crippen LogP) is 7.31. The fourth-order valence-corrected chi connectivity index (χ4v) is 4.67. The second-order valence-corrected chi connectivity index (χ2v) is 8.77. The molecule has 0 radical (unpaired) electrons. The van der Waals surface area contributed by atoms with Gasteiger partial charge < -0.3 is 0 Å². The third-order valence-corrected chi connectivity index (χ3v) is 5.60. The molecule has 0 spiro atoms. The quantitative estimate of drug-likeness (QED) is 0.361. The van der Waals surface area contributed by atoms with Gasteiger partial charge in [0.1, 0.15) is 0 Å². The normalized spacial score (nSPS) is 12.1. The highest BCUT2D eigenvalue weighted by Crippen LogP contribution is 2.40. The summed E-state index contributed by atoms with van der Waals surface area (Å²) in [6, 6.07) is 24.5. The second-order valence-electron chi connectivity index (χ2n) is 7.72. The van der Waals surface area contributed by atoms with Gasteiger partial charge in [0.05, 0.1) is 0 Å². The molecule has 0 fully saturated rings. The third-order valence-electron chi connectivity index (χ3n) is 4.38. The fourth-order valence-electron chi connectivity index (χ4n) is 3.44. The molecule has 0 nitrogen and oxygen atoms in total. The SMILES string of the molecule is CC(C)(C)Cc1cccc(-c2cccc3c2sc2ccccc23)c1. The van der Waals surface area contributed by atoms with Crippen molar-refractivity contribution in [2.45, 2.75) is 27.2 Å². The van der Waals surface area contributed by atoms with Crippen LogP contribution in [0.2, 0.25) is 0 Å². The summed E-state index contributed by atoms with van der Waals surface area (Å²) in [4.78, 5) is 0. The van der Waals surface area contributed by atoms with Crippen molar-refractivity contribution in [1.29, 1.82) is 0 Å². The zero-order valence-corrected chi connectivity index (χ0v) is 15.3. The summed E-state index contributed by atoms with van der Waals surface area (Å²) in [5.41, 5.74) is 4.40. The van der Waals surface area contributed by atoms with Gasteiger partial charge in [-0.1, -0.05) is 81.4 Å². The van der Waals surface area contributed by atoms with Crippen LogP contribution in [0.25, 0.3) is 31.3 Å². The van der Waals surface area contributed by atoms with Crippen molar-refractivity contribution in [2.75, 3.05) is 0 Å². The first-order valence-corrected chi connectivity index (χ1v) is 9.32. The van der Waals surface area contributed by atoms with Crippen LogP contribution in [0.5, 0.6) is 0 Å². The highest BCUT2D eigenvalue weighted by molar-refractivity contribution is 7.26. The molecule has 1 heterocycles. The molecule has 0 unspecified atom stereocenters. The lowest BCUT2D eigenvalue weighted by Crippen LogP contribution is -2.08. The van der Waals surface area contributed by atoms with Gasteiger partial charge in [0.25, 0.3) is 0 Å². The van der Waals surface area contributed by atoms with Gasteiger partial charge in [0.15, 0.2) is 0 Å². The van der Waals surface area contributed by atoms with E-state index in [1.54, 1.807) is 0 Å². The molecule has 0 saturated heterocycles. The smallest absolute Gasteiger partial charge is 0.0433 e. The van der Waals surface area contributed by atoms with Crippen LogP contribution in [0, 0.1) is 5.41 Å². The monoisotopic (exact) mass is 330 g/mol. The molecule has 0 aliphatic heterocycles. The van der Waals surface area contributed by atoms with Gasteiger partial charge in [-0.3, -0.25) is 0 Å². The maximum atomic E-state index is 2.37. The van der Waals surface area contributed by atoms with Gasteiger partial charge in [0.2, 0.25) is 0 Å². The Bertz CT molecular complexity index is 1020. The standard InChI is InChI=1S/C23H22S/c1-23(2,3)15-16-8-6-9-17(14-16)18-11-7-12-20-19-10-4-5-13-21(19)24-22(18)20/h4-14H,15H2,1-3H3. The summed E-state index contributed by atoms with van der Waals surface area (Å²) in [7, 11) is 0. The van der Waals surface area contributed by atoms with Crippen molar-refractivity contribution in [3.63, 3.8) is 0 Å². The minimum atomic E-state index is 0.308. The van der Waals surface area contributed by atoms with Crippen LogP contribution in [0.1, 0.15) is 26.3 Å². The number of thiophene rings is 1. The molecule has 1 heteroatoms.